The van der Waals surface area contributed by atoms with E-state index in [0.717, 1.165) is 72.2 Å². The lowest BCUT2D eigenvalue weighted by molar-refractivity contribution is 0.442. The van der Waals surface area contributed by atoms with Crippen LogP contribution in [0.25, 0.3) is 78.2 Å². The van der Waals surface area contributed by atoms with Crippen LogP contribution in [0, 0.1) is 0 Å². The molecule has 0 atom stereocenters. The Morgan fingerprint density at radius 1 is 0.362 bits per heavy atom. The van der Waals surface area contributed by atoms with Gasteiger partial charge in [-0.05, 0) is 40.5 Å². The highest BCUT2D eigenvalue weighted by molar-refractivity contribution is 6.15. The van der Waals surface area contributed by atoms with Crippen molar-refractivity contribution in [1.29, 1.82) is 0 Å². The molecule has 1 spiro atoms. The first-order valence-electron chi connectivity index (χ1n) is 19.6. The summed E-state index contributed by atoms with van der Waals surface area (Å²) in [5, 5.41) is 3.09. The van der Waals surface area contributed by atoms with Crippen LogP contribution in [0.2, 0.25) is 0 Å². The number of rotatable bonds is 4. The van der Waals surface area contributed by atoms with Crippen molar-refractivity contribution in [3.63, 3.8) is 0 Å². The highest BCUT2D eigenvalue weighted by Crippen LogP contribution is 2.63. The number of hydrogen-bond donors (Lipinski definition) is 0. The first kappa shape index (κ1) is 32.5. The lowest BCUT2D eigenvalue weighted by Gasteiger charge is -2.40. The fourth-order valence-electron chi connectivity index (χ4n) is 9.31. The quantitative estimate of drug-likeness (QED) is 0.168. The van der Waals surface area contributed by atoms with Crippen molar-refractivity contribution in [3.8, 4) is 68.0 Å². The van der Waals surface area contributed by atoms with Gasteiger partial charge in [0.25, 0.3) is 0 Å². The van der Waals surface area contributed by atoms with Crippen LogP contribution in [0.1, 0.15) is 22.3 Å². The lowest BCUT2D eigenvalue weighted by atomic mass is 9.65. The third-order valence-electron chi connectivity index (χ3n) is 11.8. The summed E-state index contributed by atoms with van der Waals surface area (Å²) in [7, 11) is 0. The Balaban J connectivity index is 1.11. The van der Waals surface area contributed by atoms with E-state index in [9.17, 15) is 0 Å². The molecule has 0 amide bonds. The Morgan fingerprint density at radius 2 is 0.897 bits per heavy atom. The molecule has 0 N–H and O–H groups in total. The number of para-hydroxylation sites is 2. The van der Waals surface area contributed by atoms with E-state index in [4.69, 9.17) is 24.7 Å². The Hall–Kier alpha value is -7.76. The molecule has 2 aromatic heterocycles. The minimum atomic E-state index is -0.568. The summed E-state index contributed by atoms with van der Waals surface area (Å²) in [6, 6.07) is 67.7. The molecular weight excluding hydrogens is 709 g/mol. The average molecular weight is 741 g/mol. The number of benzene rings is 8. The van der Waals surface area contributed by atoms with Gasteiger partial charge in [-0.1, -0.05) is 176 Å². The van der Waals surface area contributed by atoms with E-state index in [1.807, 2.05) is 60.7 Å². The van der Waals surface area contributed by atoms with Crippen LogP contribution >= 0.6 is 0 Å². The number of hydrogen-bond acceptors (Lipinski definition) is 5. The van der Waals surface area contributed by atoms with Gasteiger partial charge in [0.15, 0.2) is 17.5 Å². The standard InChI is InChI=1S/C53H32N4O/c1-3-16-33(17-4-1)50-55-51(34-18-5-2-6-19-34)57-52(56-50)36-21-15-20-35(32-36)48-40-30-31-44-49(47(40)39-24-9-13-28-45(39)54-48)58-46-29-14-12-27-43(46)53(44)41-25-10-7-22-37(41)38-23-8-11-26-42(38)53/h1-32H. The van der Waals surface area contributed by atoms with E-state index in [0.29, 0.717) is 17.5 Å². The van der Waals surface area contributed by atoms with Gasteiger partial charge >= 0.3 is 0 Å². The lowest BCUT2D eigenvalue weighted by Crippen LogP contribution is -2.32. The zero-order valence-corrected chi connectivity index (χ0v) is 31.2. The Bertz CT molecular complexity index is 3170. The molecule has 0 fully saturated rings. The molecule has 0 unspecified atom stereocenters. The number of ether oxygens (including phenoxy) is 1. The molecule has 2 aliphatic rings. The van der Waals surface area contributed by atoms with Crippen molar-refractivity contribution in [2.75, 3.05) is 0 Å². The zero-order chi connectivity index (χ0) is 38.2. The fourth-order valence-corrected chi connectivity index (χ4v) is 9.31. The van der Waals surface area contributed by atoms with Gasteiger partial charge in [-0.15, -0.1) is 0 Å². The van der Waals surface area contributed by atoms with Crippen LogP contribution in [-0.2, 0) is 5.41 Å². The molecule has 270 valence electrons. The molecule has 1 aliphatic carbocycles. The third kappa shape index (κ3) is 4.71. The van der Waals surface area contributed by atoms with Gasteiger partial charge in [0, 0.05) is 49.5 Å². The number of aromatic nitrogens is 4. The van der Waals surface area contributed by atoms with Crippen molar-refractivity contribution >= 4 is 21.7 Å². The van der Waals surface area contributed by atoms with Crippen molar-refractivity contribution in [2.24, 2.45) is 0 Å². The maximum atomic E-state index is 7.16. The number of nitrogens with zero attached hydrogens (tertiary/aromatic N) is 4. The predicted molar refractivity (Wildman–Crippen MR) is 232 cm³/mol. The van der Waals surface area contributed by atoms with Crippen LogP contribution < -0.4 is 4.74 Å². The summed E-state index contributed by atoms with van der Waals surface area (Å²) >= 11 is 0. The van der Waals surface area contributed by atoms with E-state index in [1.54, 1.807) is 0 Å². The van der Waals surface area contributed by atoms with E-state index in [2.05, 4.69) is 133 Å². The summed E-state index contributed by atoms with van der Waals surface area (Å²) in [4.78, 5) is 20.4. The zero-order valence-electron chi connectivity index (χ0n) is 31.2. The van der Waals surface area contributed by atoms with Crippen LogP contribution in [0.15, 0.2) is 194 Å². The molecule has 3 heterocycles. The van der Waals surface area contributed by atoms with Gasteiger partial charge in [-0.3, -0.25) is 0 Å². The summed E-state index contributed by atoms with van der Waals surface area (Å²) < 4.78 is 7.16. The largest absolute Gasteiger partial charge is 0.456 e. The Labute approximate surface area is 335 Å². The van der Waals surface area contributed by atoms with Crippen LogP contribution in [0.4, 0.5) is 0 Å². The molecular formula is C53H32N4O. The van der Waals surface area contributed by atoms with Crippen molar-refractivity contribution < 1.29 is 4.74 Å². The molecule has 5 heteroatoms. The number of pyridine rings is 1. The second-order valence-corrected chi connectivity index (χ2v) is 14.9. The molecule has 10 aromatic rings. The molecule has 12 rings (SSSR count). The van der Waals surface area contributed by atoms with Crippen LogP contribution in [0.5, 0.6) is 11.5 Å². The predicted octanol–water partition coefficient (Wildman–Crippen LogP) is 12.7. The van der Waals surface area contributed by atoms with Crippen molar-refractivity contribution in [2.45, 2.75) is 5.41 Å². The van der Waals surface area contributed by atoms with E-state index < -0.39 is 5.41 Å². The summed E-state index contributed by atoms with van der Waals surface area (Å²) in [6.45, 7) is 0. The summed E-state index contributed by atoms with van der Waals surface area (Å²) in [5.41, 5.74) is 12.2. The van der Waals surface area contributed by atoms with Gasteiger partial charge in [-0.2, -0.15) is 0 Å². The number of fused-ring (bicyclic) bond motifs is 13. The Kier molecular flexibility index (Phi) is 7.07. The van der Waals surface area contributed by atoms with Crippen LogP contribution in [-0.4, -0.2) is 19.9 Å². The SMILES string of the molecule is c1ccc(-c2nc(-c3ccccc3)nc(-c3cccc(-c4nc5ccccc5c5c6c(ccc45)C4(c5ccccc5O6)c5ccccc5-c5ccccc54)c3)n2)cc1. The maximum absolute atomic E-state index is 7.16. The fraction of sp³-hybridized carbons (Fsp3) is 0.0189. The highest BCUT2D eigenvalue weighted by atomic mass is 16.5. The Morgan fingerprint density at radius 3 is 1.59 bits per heavy atom. The van der Waals surface area contributed by atoms with E-state index in [-0.39, 0.29) is 0 Å². The third-order valence-corrected chi connectivity index (χ3v) is 11.8. The normalized spacial score (nSPS) is 13.1. The van der Waals surface area contributed by atoms with Gasteiger partial charge in [0.2, 0.25) is 0 Å². The monoisotopic (exact) mass is 740 g/mol. The first-order valence-corrected chi connectivity index (χ1v) is 19.6. The summed E-state index contributed by atoms with van der Waals surface area (Å²) in [5.74, 6) is 3.56. The van der Waals surface area contributed by atoms with Gasteiger partial charge in [0.05, 0.1) is 16.6 Å². The molecule has 0 bridgehead atoms. The topological polar surface area (TPSA) is 60.8 Å². The molecule has 58 heavy (non-hydrogen) atoms. The first-order chi connectivity index (χ1) is 28.8. The van der Waals surface area contributed by atoms with Gasteiger partial charge in [-0.25, -0.2) is 19.9 Å². The van der Waals surface area contributed by atoms with Crippen molar-refractivity contribution in [3.05, 3.63) is 216 Å². The summed E-state index contributed by atoms with van der Waals surface area (Å²) in [6.07, 6.45) is 0. The minimum absolute atomic E-state index is 0.568. The average Bonchev–Trinajstić information content (AvgIpc) is 3.59. The van der Waals surface area contributed by atoms with Gasteiger partial charge < -0.3 is 4.74 Å². The van der Waals surface area contributed by atoms with E-state index in [1.165, 1.54) is 22.3 Å². The van der Waals surface area contributed by atoms with Crippen LogP contribution in [0.3, 0.4) is 0 Å². The van der Waals surface area contributed by atoms with E-state index >= 15 is 0 Å². The molecule has 0 saturated heterocycles. The molecule has 5 nitrogen and oxygen atoms in total. The second-order valence-electron chi connectivity index (χ2n) is 14.9. The smallest absolute Gasteiger partial charge is 0.164 e. The molecule has 0 saturated carbocycles. The molecule has 8 aromatic carbocycles. The maximum Gasteiger partial charge on any atom is 0.164 e. The molecule has 1 aliphatic heterocycles. The van der Waals surface area contributed by atoms with Gasteiger partial charge in [0.1, 0.15) is 11.5 Å². The van der Waals surface area contributed by atoms with Crippen molar-refractivity contribution in [1.82, 2.24) is 19.9 Å². The molecule has 0 radical (unpaired) electrons. The highest BCUT2D eigenvalue weighted by Gasteiger charge is 2.51. The second kappa shape index (κ2) is 12.6. The minimum Gasteiger partial charge on any atom is -0.456 e.